The fourth-order valence-corrected chi connectivity index (χ4v) is 1.89. The summed E-state index contributed by atoms with van der Waals surface area (Å²) in [6.45, 7) is 4.16. The molecule has 0 bridgehead atoms. The Hall–Kier alpha value is -2.70. The van der Waals surface area contributed by atoms with Crippen molar-refractivity contribution >= 4 is 5.95 Å². The second kappa shape index (κ2) is 4.76. The third-order valence-electron chi connectivity index (χ3n) is 3.11. The SMILES string of the molecule is Cc1ccc(Cc2noc(-c3nc(N)n[nH]3)n2)cc1C. The maximum absolute atomic E-state index is 5.43. The highest BCUT2D eigenvalue weighted by atomic mass is 16.5. The van der Waals surface area contributed by atoms with Crippen LogP contribution in [-0.2, 0) is 6.42 Å². The molecule has 0 saturated heterocycles. The van der Waals surface area contributed by atoms with E-state index >= 15 is 0 Å². The van der Waals surface area contributed by atoms with E-state index in [9.17, 15) is 0 Å². The number of benzene rings is 1. The van der Waals surface area contributed by atoms with Crippen molar-refractivity contribution in [2.24, 2.45) is 0 Å². The number of nitrogens with zero attached hydrogens (tertiary/aromatic N) is 4. The van der Waals surface area contributed by atoms with Crippen molar-refractivity contribution in [2.75, 3.05) is 5.73 Å². The molecule has 0 aliphatic heterocycles. The van der Waals surface area contributed by atoms with Gasteiger partial charge in [0.25, 0.3) is 5.89 Å². The molecular weight excluding hydrogens is 256 g/mol. The van der Waals surface area contributed by atoms with Gasteiger partial charge in [-0.15, -0.1) is 5.10 Å². The molecule has 0 atom stereocenters. The maximum Gasteiger partial charge on any atom is 0.295 e. The highest BCUT2D eigenvalue weighted by Crippen LogP contribution is 2.16. The Kier molecular flexibility index (Phi) is 2.94. The molecule has 0 saturated carbocycles. The molecule has 0 aliphatic rings. The normalized spacial score (nSPS) is 10.9. The molecule has 0 fully saturated rings. The maximum atomic E-state index is 5.43. The predicted octanol–water partition coefficient (Wildman–Crippen LogP) is 1.64. The average molecular weight is 270 g/mol. The molecule has 0 radical (unpaired) electrons. The van der Waals surface area contributed by atoms with Crippen LogP contribution in [0.25, 0.3) is 11.7 Å². The molecule has 102 valence electrons. The number of aryl methyl sites for hydroxylation is 2. The second-order valence-corrected chi connectivity index (χ2v) is 4.65. The lowest BCUT2D eigenvalue weighted by Gasteiger charge is -2.02. The molecule has 0 unspecified atom stereocenters. The summed E-state index contributed by atoms with van der Waals surface area (Å²) in [5, 5.41) is 10.3. The fraction of sp³-hybridized carbons (Fsp3) is 0.231. The quantitative estimate of drug-likeness (QED) is 0.749. The van der Waals surface area contributed by atoms with Crippen LogP contribution in [0.4, 0.5) is 5.95 Å². The number of aromatic nitrogens is 5. The molecule has 3 aromatic rings. The van der Waals surface area contributed by atoms with E-state index in [4.69, 9.17) is 10.3 Å². The van der Waals surface area contributed by atoms with Crippen LogP contribution >= 0.6 is 0 Å². The molecular formula is C13H14N6O. The van der Waals surface area contributed by atoms with Gasteiger partial charge in [-0.25, -0.2) is 0 Å². The van der Waals surface area contributed by atoms with Crippen molar-refractivity contribution in [3.63, 3.8) is 0 Å². The van der Waals surface area contributed by atoms with Gasteiger partial charge >= 0.3 is 0 Å². The first kappa shape index (κ1) is 12.3. The summed E-state index contributed by atoms with van der Waals surface area (Å²) in [7, 11) is 0. The molecule has 0 spiro atoms. The third kappa shape index (κ3) is 2.37. The molecule has 0 aliphatic carbocycles. The number of aromatic amines is 1. The summed E-state index contributed by atoms with van der Waals surface area (Å²) >= 11 is 0. The molecule has 7 nitrogen and oxygen atoms in total. The number of anilines is 1. The Balaban J connectivity index is 1.82. The Morgan fingerprint density at radius 3 is 2.75 bits per heavy atom. The van der Waals surface area contributed by atoms with Crippen molar-refractivity contribution in [3.8, 4) is 11.7 Å². The van der Waals surface area contributed by atoms with Gasteiger partial charge < -0.3 is 10.3 Å². The van der Waals surface area contributed by atoms with Crippen LogP contribution in [-0.4, -0.2) is 25.3 Å². The Bertz CT molecular complexity index is 745. The lowest BCUT2D eigenvalue weighted by atomic mass is 10.0. The molecule has 2 aromatic heterocycles. The van der Waals surface area contributed by atoms with Gasteiger partial charge in [-0.05, 0) is 30.5 Å². The summed E-state index contributed by atoms with van der Waals surface area (Å²) in [6, 6.07) is 6.27. The number of hydrogen-bond acceptors (Lipinski definition) is 6. The number of rotatable bonds is 3. The van der Waals surface area contributed by atoms with Gasteiger partial charge in [0.15, 0.2) is 5.82 Å². The monoisotopic (exact) mass is 270 g/mol. The van der Waals surface area contributed by atoms with Crippen LogP contribution in [0.1, 0.15) is 22.5 Å². The van der Waals surface area contributed by atoms with E-state index in [1.807, 2.05) is 0 Å². The van der Waals surface area contributed by atoms with Gasteiger partial charge in [0.05, 0.1) is 0 Å². The van der Waals surface area contributed by atoms with E-state index in [1.165, 1.54) is 11.1 Å². The summed E-state index contributed by atoms with van der Waals surface area (Å²) < 4.78 is 5.14. The van der Waals surface area contributed by atoms with Crippen molar-refractivity contribution in [1.29, 1.82) is 0 Å². The van der Waals surface area contributed by atoms with Crippen molar-refractivity contribution in [2.45, 2.75) is 20.3 Å². The van der Waals surface area contributed by atoms with Crippen LogP contribution in [0, 0.1) is 13.8 Å². The Morgan fingerprint density at radius 2 is 2.05 bits per heavy atom. The van der Waals surface area contributed by atoms with E-state index in [0.29, 0.717) is 18.1 Å². The standard InChI is InChI=1S/C13H14N6O/c1-7-3-4-9(5-8(7)2)6-10-15-12(20-19-10)11-16-13(14)18-17-11/h3-5H,6H2,1-2H3,(H3,14,16,17,18). The van der Waals surface area contributed by atoms with Crippen LogP contribution < -0.4 is 5.73 Å². The molecule has 2 heterocycles. The molecule has 20 heavy (non-hydrogen) atoms. The first-order chi connectivity index (χ1) is 9.61. The summed E-state index contributed by atoms with van der Waals surface area (Å²) in [6.07, 6.45) is 0.605. The molecule has 3 rings (SSSR count). The minimum atomic E-state index is 0.147. The number of hydrogen-bond donors (Lipinski definition) is 2. The number of nitrogen functional groups attached to an aromatic ring is 1. The van der Waals surface area contributed by atoms with Gasteiger partial charge in [-0.3, -0.25) is 5.10 Å². The zero-order valence-electron chi connectivity index (χ0n) is 11.2. The number of nitrogens with one attached hydrogen (secondary N) is 1. The number of nitrogens with two attached hydrogens (primary N) is 1. The van der Waals surface area contributed by atoms with E-state index in [2.05, 4.69) is 57.4 Å². The van der Waals surface area contributed by atoms with Crippen LogP contribution in [0.3, 0.4) is 0 Å². The number of H-pyrrole nitrogens is 1. The lowest BCUT2D eigenvalue weighted by Crippen LogP contribution is -1.93. The molecule has 0 amide bonds. The first-order valence-electron chi connectivity index (χ1n) is 6.19. The van der Waals surface area contributed by atoms with Gasteiger partial charge in [-0.1, -0.05) is 23.4 Å². The first-order valence-corrected chi connectivity index (χ1v) is 6.19. The van der Waals surface area contributed by atoms with E-state index in [0.717, 1.165) is 5.56 Å². The molecule has 7 heteroatoms. The smallest absolute Gasteiger partial charge is 0.295 e. The predicted molar refractivity (Wildman–Crippen MR) is 72.8 cm³/mol. The zero-order chi connectivity index (χ0) is 14.1. The minimum absolute atomic E-state index is 0.147. The van der Waals surface area contributed by atoms with Gasteiger partial charge in [0.2, 0.25) is 11.8 Å². The van der Waals surface area contributed by atoms with Gasteiger partial charge in [0.1, 0.15) is 0 Å². The van der Waals surface area contributed by atoms with E-state index < -0.39 is 0 Å². The largest absolute Gasteiger partial charge is 0.366 e. The highest BCUT2D eigenvalue weighted by Gasteiger charge is 2.13. The molecule has 1 aromatic carbocycles. The van der Waals surface area contributed by atoms with Crippen molar-refractivity contribution < 1.29 is 4.52 Å². The van der Waals surface area contributed by atoms with Gasteiger partial charge in [0, 0.05) is 6.42 Å². The Morgan fingerprint density at radius 1 is 1.20 bits per heavy atom. The topological polar surface area (TPSA) is 107 Å². The van der Waals surface area contributed by atoms with E-state index in [-0.39, 0.29) is 11.8 Å². The van der Waals surface area contributed by atoms with Crippen molar-refractivity contribution in [1.82, 2.24) is 25.3 Å². The van der Waals surface area contributed by atoms with Crippen molar-refractivity contribution in [3.05, 3.63) is 40.7 Å². The minimum Gasteiger partial charge on any atom is -0.366 e. The lowest BCUT2D eigenvalue weighted by molar-refractivity contribution is 0.421. The fourth-order valence-electron chi connectivity index (χ4n) is 1.89. The Labute approximate surface area is 115 Å². The average Bonchev–Trinajstić information content (AvgIpc) is 3.03. The third-order valence-corrected chi connectivity index (χ3v) is 3.11. The van der Waals surface area contributed by atoms with Crippen LogP contribution in [0.5, 0.6) is 0 Å². The van der Waals surface area contributed by atoms with E-state index in [1.54, 1.807) is 0 Å². The van der Waals surface area contributed by atoms with Crippen LogP contribution in [0.15, 0.2) is 22.7 Å². The van der Waals surface area contributed by atoms with Crippen LogP contribution in [0.2, 0.25) is 0 Å². The second-order valence-electron chi connectivity index (χ2n) is 4.65. The summed E-state index contributed by atoms with van der Waals surface area (Å²) in [5.41, 5.74) is 9.08. The summed E-state index contributed by atoms with van der Waals surface area (Å²) in [4.78, 5) is 8.22. The zero-order valence-corrected chi connectivity index (χ0v) is 11.2. The highest BCUT2D eigenvalue weighted by molar-refractivity contribution is 5.41. The summed E-state index contributed by atoms with van der Waals surface area (Å²) in [5.74, 6) is 1.40. The molecule has 3 N–H and O–H groups in total. The van der Waals surface area contributed by atoms with Gasteiger partial charge in [-0.2, -0.15) is 9.97 Å².